The first kappa shape index (κ1) is 18.2. The van der Waals surface area contributed by atoms with Crippen LogP contribution in [-0.2, 0) is 16.6 Å². The molecule has 0 atom stereocenters. The molecule has 2 aromatic rings. The second kappa shape index (κ2) is 7.20. The van der Waals surface area contributed by atoms with Gasteiger partial charge in [0.15, 0.2) is 5.89 Å². The number of aryl methyl sites for hydroxylation is 2. The molecular formula is C20H28N2O2. The quantitative estimate of drug-likeness (QED) is 0.842. The topological polar surface area (TPSA) is 55.1 Å². The molecule has 2 rings (SSSR count). The van der Waals surface area contributed by atoms with Gasteiger partial charge in [0.05, 0.1) is 5.69 Å². The number of carbonyl (C=O) groups is 1. The maximum absolute atomic E-state index is 12.3. The van der Waals surface area contributed by atoms with Gasteiger partial charge in [0.1, 0.15) is 5.76 Å². The Hall–Kier alpha value is -2.10. The largest absolute Gasteiger partial charge is 0.445 e. The summed E-state index contributed by atoms with van der Waals surface area (Å²) in [6.45, 7) is 12.4. The van der Waals surface area contributed by atoms with Gasteiger partial charge in [-0.3, -0.25) is 4.79 Å². The van der Waals surface area contributed by atoms with E-state index >= 15 is 0 Å². The third-order valence-corrected chi connectivity index (χ3v) is 3.97. The summed E-state index contributed by atoms with van der Waals surface area (Å²) in [4.78, 5) is 16.8. The fourth-order valence-corrected chi connectivity index (χ4v) is 2.53. The molecular weight excluding hydrogens is 300 g/mol. The van der Waals surface area contributed by atoms with E-state index in [9.17, 15) is 4.79 Å². The number of hydrogen-bond donors (Lipinski definition) is 1. The number of amides is 1. The van der Waals surface area contributed by atoms with Gasteiger partial charge in [-0.15, -0.1) is 0 Å². The molecule has 0 spiro atoms. The number of anilines is 1. The van der Waals surface area contributed by atoms with Crippen molar-refractivity contribution in [1.29, 1.82) is 0 Å². The number of carbonyl (C=O) groups excluding carboxylic acids is 1. The van der Waals surface area contributed by atoms with E-state index in [1.165, 1.54) is 0 Å². The van der Waals surface area contributed by atoms with Crippen LogP contribution >= 0.6 is 0 Å². The summed E-state index contributed by atoms with van der Waals surface area (Å²) < 4.78 is 5.85. The SMILES string of the molecule is Cc1nc(C(C)(C)C)oc1CCC(=O)Nc1ccccc1C(C)C. The van der Waals surface area contributed by atoms with E-state index in [4.69, 9.17) is 4.42 Å². The summed E-state index contributed by atoms with van der Waals surface area (Å²) >= 11 is 0. The lowest BCUT2D eigenvalue weighted by molar-refractivity contribution is -0.116. The highest BCUT2D eigenvalue weighted by Crippen LogP contribution is 2.26. The van der Waals surface area contributed by atoms with Crippen LogP contribution in [0.5, 0.6) is 0 Å². The van der Waals surface area contributed by atoms with Crippen molar-refractivity contribution >= 4 is 11.6 Å². The van der Waals surface area contributed by atoms with E-state index in [1.807, 2.05) is 25.1 Å². The van der Waals surface area contributed by atoms with Gasteiger partial charge in [0, 0.05) is 23.9 Å². The molecule has 0 aliphatic heterocycles. The number of para-hydroxylation sites is 1. The van der Waals surface area contributed by atoms with Gasteiger partial charge in [-0.05, 0) is 24.5 Å². The smallest absolute Gasteiger partial charge is 0.224 e. The van der Waals surface area contributed by atoms with Gasteiger partial charge >= 0.3 is 0 Å². The number of oxazole rings is 1. The predicted octanol–water partition coefficient (Wildman–Crippen LogP) is 4.98. The zero-order valence-corrected chi connectivity index (χ0v) is 15.6. The lowest BCUT2D eigenvalue weighted by Crippen LogP contribution is -2.14. The van der Waals surface area contributed by atoms with Gasteiger partial charge in [0.2, 0.25) is 5.91 Å². The number of aromatic nitrogens is 1. The van der Waals surface area contributed by atoms with Crippen LogP contribution in [0.1, 0.15) is 69.9 Å². The Morgan fingerprint density at radius 3 is 2.50 bits per heavy atom. The van der Waals surface area contributed by atoms with Crippen molar-refractivity contribution in [3.8, 4) is 0 Å². The van der Waals surface area contributed by atoms with Crippen LogP contribution in [0.2, 0.25) is 0 Å². The monoisotopic (exact) mass is 328 g/mol. The van der Waals surface area contributed by atoms with E-state index in [2.05, 4.69) is 51.0 Å². The third-order valence-electron chi connectivity index (χ3n) is 3.97. The van der Waals surface area contributed by atoms with Gasteiger partial charge in [-0.1, -0.05) is 52.8 Å². The maximum atomic E-state index is 12.3. The highest BCUT2D eigenvalue weighted by atomic mass is 16.4. The molecule has 0 bridgehead atoms. The number of hydrogen-bond acceptors (Lipinski definition) is 3. The van der Waals surface area contributed by atoms with E-state index in [-0.39, 0.29) is 11.3 Å². The average molecular weight is 328 g/mol. The predicted molar refractivity (Wildman–Crippen MR) is 97.4 cm³/mol. The van der Waals surface area contributed by atoms with Crippen molar-refractivity contribution < 1.29 is 9.21 Å². The zero-order chi connectivity index (χ0) is 17.9. The molecule has 0 fully saturated rings. The Morgan fingerprint density at radius 1 is 1.25 bits per heavy atom. The number of nitrogens with one attached hydrogen (secondary N) is 1. The van der Waals surface area contributed by atoms with Gasteiger partial charge in [-0.2, -0.15) is 0 Å². The summed E-state index contributed by atoms with van der Waals surface area (Å²) in [5.74, 6) is 1.89. The van der Waals surface area contributed by atoms with Gasteiger partial charge in [-0.25, -0.2) is 4.98 Å². The molecule has 24 heavy (non-hydrogen) atoms. The van der Waals surface area contributed by atoms with Crippen LogP contribution in [0.3, 0.4) is 0 Å². The van der Waals surface area contributed by atoms with E-state index < -0.39 is 0 Å². The van der Waals surface area contributed by atoms with Crippen LogP contribution in [-0.4, -0.2) is 10.9 Å². The molecule has 130 valence electrons. The zero-order valence-electron chi connectivity index (χ0n) is 15.6. The van der Waals surface area contributed by atoms with E-state index in [0.717, 1.165) is 28.6 Å². The lowest BCUT2D eigenvalue weighted by Gasteiger charge is -2.13. The third kappa shape index (κ3) is 4.47. The first-order chi connectivity index (χ1) is 11.2. The second-order valence-electron chi connectivity index (χ2n) is 7.57. The number of benzene rings is 1. The van der Waals surface area contributed by atoms with Crippen LogP contribution in [0.15, 0.2) is 28.7 Å². The molecule has 1 heterocycles. The summed E-state index contributed by atoms with van der Waals surface area (Å²) in [7, 11) is 0. The standard InChI is InChI=1S/C20H28N2O2/c1-13(2)15-9-7-8-10-16(15)22-18(23)12-11-17-14(3)21-19(24-17)20(4,5)6/h7-10,13H,11-12H2,1-6H3,(H,22,23). The molecule has 0 radical (unpaired) electrons. The van der Waals surface area contributed by atoms with Gasteiger partial charge in [0.25, 0.3) is 0 Å². The Labute approximate surface area is 144 Å². The molecule has 0 saturated carbocycles. The van der Waals surface area contributed by atoms with E-state index in [0.29, 0.717) is 18.8 Å². The van der Waals surface area contributed by atoms with Gasteiger partial charge < -0.3 is 9.73 Å². The van der Waals surface area contributed by atoms with E-state index in [1.54, 1.807) is 0 Å². The van der Waals surface area contributed by atoms with Crippen molar-refractivity contribution in [2.24, 2.45) is 0 Å². The fraction of sp³-hybridized carbons (Fsp3) is 0.500. The molecule has 1 amide bonds. The Balaban J connectivity index is 2.01. The number of rotatable bonds is 5. The molecule has 0 aliphatic rings. The molecule has 1 aromatic carbocycles. The minimum absolute atomic E-state index is 0.00351. The molecule has 0 aliphatic carbocycles. The highest BCUT2D eigenvalue weighted by molar-refractivity contribution is 5.91. The van der Waals surface area contributed by atoms with Crippen molar-refractivity contribution in [2.75, 3.05) is 5.32 Å². The average Bonchev–Trinajstić information content (AvgIpc) is 2.87. The van der Waals surface area contributed by atoms with Crippen LogP contribution in [0, 0.1) is 6.92 Å². The molecule has 4 nitrogen and oxygen atoms in total. The summed E-state index contributed by atoms with van der Waals surface area (Å²) in [5, 5.41) is 3.02. The Morgan fingerprint density at radius 2 is 1.92 bits per heavy atom. The molecule has 1 aromatic heterocycles. The summed E-state index contributed by atoms with van der Waals surface area (Å²) in [6.07, 6.45) is 0.941. The number of nitrogens with zero attached hydrogens (tertiary/aromatic N) is 1. The summed E-state index contributed by atoms with van der Waals surface area (Å²) in [5.41, 5.74) is 2.79. The van der Waals surface area contributed by atoms with Crippen LogP contribution < -0.4 is 5.32 Å². The van der Waals surface area contributed by atoms with Crippen molar-refractivity contribution in [2.45, 2.75) is 65.7 Å². The normalized spacial score (nSPS) is 11.8. The minimum Gasteiger partial charge on any atom is -0.445 e. The first-order valence-corrected chi connectivity index (χ1v) is 8.54. The molecule has 0 unspecified atom stereocenters. The molecule has 0 saturated heterocycles. The first-order valence-electron chi connectivity index (χ1n) is 8.54. The second-order valence-corrected chi connectivity index (χ2v) is 7.57. The van der Waals surface area contributed by atoms with Crippen molar-refractivity contribution in [3.05, 3.63) is 47.2 Å². The highest BCUT2D eigenvalue weighted by Gasteiger charge is 2.22. The minimum atomic E-state index is -0.124. The fourth-order valence-electron chi connectivity index (χ4n) is 2.53. The lowest BCUT2D eigenvalue weighted by atomic mass is 9.97. The Bertz CT molecular complexity index is 709. The van der Waals surface area contributed by atoms with Crippen molar-refractivity contribution in [1.82, 2.24) is 4.98 Å². The molecule has 4 heteroatoms. The Kier molecular flexibility index (Phi) is 5.47. The molecule has 1 N–H and O–H groups in total. The summed E-state index contributed by atoms with van der Waals surface area (Å²) in [6, 6.07) is 7.94. The maximum Gasteiger partial charge on any atom is 0.224 e. The van der Waals surface area contributed by atoms with Crippen LogP contribution in [0.4, 0.5) is 5.69 Å². The van der Waals surface area contributed by atoms with Crippen molar-refractivity contribution in [3.63, 3.8) is 0 Å². The van der Waals surface area contributed by atoms with Crippen LogP contribution in [0.25, 0.3) is 0 Å².